The second-order valence-corrected chi connectivity index (χ2v) is 6.50. The molecule has 0 atom stereocenters. The molecule has 0 saturated carbocycles. The number of nitrogens with zero attached hydrogens (tertiary/aromatic N) is 4. The van der Waals surface area contributed by atoms with Gasteiger partial charge in [0.2, 0.25) is 5.88 Å². The molecule has 4 aromatic rings. The number of halogens is 3. The lowest BCUT2D eigenvalue weighted by atomic mass is 10.0. The third-order valence-corrected chi connectivity index (χ3v) is 4.46. The first-order valence-corrected chi connectivity index (χ1v) is 9.04. The fourth-order valence-electron chi connectivity index (χ4n) is 3.02. The van der Waals surface area contributed by atoms with Crippen LogP contribution in [-0.2, 0) is 6.54 Å². The Bertz CT molecular complexity index is 1290. The summed E-state index contributed by atoms with van der Waals surface area (Å²) in [5, 5.41) is 5.21. The van der Waals surface area contributed by atoms with Gasteiger partial charge in [-0.05, 0) is 29.3 Å². The number of benzene rings is 2. The van der Waals surface area contributed by atoms with E-state index in [1.165, 1.54) is 42.3 Å². The van der Waals surface area contributed by atoms with Crippen LogP contribution in [0.3, 0.4) is 0 Å². The Morgan fingerprint density at radius 2 is 1.77 bits per heavy atom. The molecule has 4 rings (SSSR count). The van der Waals surface area contributed by atoms with Gasteiger partial charge in [-0.1, -0.05) is 24.3 Å². The molecular formula is C21H15F3N4O3. The number of hydrogen-bond donors (Lipinski definition) is 0. The van der Waals surface area contributed by atoms with Crippen LogP contribution in [0.25, 0.3) is 21.9 Å². The van der Waals surface area contributed by atoms with Crippen molar-refractivity contribution in [2.75, 3.05) is 7.11 Å². The van der Waals surface area contributed by atoms with Crippen LogP contribution in [-0.4, -0.2) is 33.2 Å². The molecule has 0 amide bonds. The number of ether oxygens (including phenoxy) is 2. The summed E-state index contributed by atoms with van der Waals surface area (Å²) in [6.45, 7) is 0.0552. The molecule has 7 nitrogen and oxygen atoms in total. The Morgan fingerprint density at radius 3 is 2.48 bits per heavy atom. The van der Waals surface area contributed by atoms with E-state index in [1.807, 2.05) is 0 Å². The Kier molecular flexibility index (Phi) is 5.28. The van der Waals surface area contributed by atoms with Crippen LogP contribution in [0, 0.1) is 0 Å². The van der Waals surface area contributed by atoms with E-state index in [-0.39, 0.29) is 17.9 Å². The molecule has 0 spiro atoms. The maximum atomic E-state index is 13.0. The Balaban J connectivity index is 1.66. The number of rotatable bonds is 5. The molecule has 31 heavy (non-hydrogen) atoms. The van der Waals surface area contributed by atoms with E-state index in [9.17, 15) is 18.0 Å². The van der Waals surface area contributed by atoms with Crippen molar-refractivity contribution >= 4 is 10.8 Å². The van der Waals surface area contributed by atoms with Crippen LogP contribution < -0.4 is 15.0 Å². The zero-order valence-corrected chi connectivity index (χ0v) is 16.1. The highest BCUT2D eigenvalue weighted by Gasteiger charge is 2.30. The van der Waals surface area contributed by atoms with Crippen molar-refractivity contribution in [1.29, 1.82) is 0 Å². The van der Waals surface area contributed by atoms with Gasteiger partial charge in [0.05, 0.1) is 18.7 Å². The van der Waals surface area contributed by atoms with Gasteiger partial charge in [-0.3, -0.25) is 4.79 Å². The van der Waals surface area contributed by atoms with Crippen molar-refractivity contribution < 1.29 is 22.6 Å². The van der Waals surface area contributed by atoms with Crippen LogP contribution in [0.15, 0.2) is 65.7 Å². The fourth-order valence-corrected chi connectivity index (χ4v) is 3.02. The highest BCUT2D eigenvalue weighted by Crippen LogP contribution is 2.27. The first-order chi connectivity index (χ1) is 14.8. The van der Waals surface area contributed by atoms with Gasteiger partial charge in [0.25, 0.3) is 5.56 Å². The highest BCUT2D eigenvalue weighted by molar-refractivity contribution is 5.86. The smallest absolute Gasteiger partial charge is 0.481 e. The van der Waals surface area contributed by atoms with Gasteiger partial charge in [-0.2, -0.15) is 10.1 Å². The molecule has 0 radical (unpaired) electrons. The van der Waals surface area contributed by atoms with E-state index in [0.29, 0.717) is 33.6 Å². The number of alkyl halides is 3. The summed E-state index contributed by atoms with van der Waals surface area (Å²) < 4.78 is 47.2. The zero-order valence-electron chi connectivity index (χ0n) is 16.1. The minimum absolute atomic E-state index is 0.0552. The second kappa shape index (κ2) is 8.05. The summed E-state index contributed by atoms with van der Waals surface area (Å²) in [7, 11) is 1.48. The molecule has 0 N–H and O–H groups in total. The van der Waals surface area contributed by atoms with E-state index >= 15 is 0 Å². The van der Waals surface area contributed by atoms with E-state index in [0.717, 1.165) is 0 Å². The first kappa shape index (κ1) is 20.3. The Labute approximate surface area is 173 Å². The summed E-state index contributed by atoms with van der Waals surface area (Å²) in [5.74, 6) is 0.422. The molecule has 0 aliphatic carbocycles. The summed E-state index contributed by atoms with van der Waals surface area (Å²) in [4.78, 5) is 21.3. The van der Waals surface area contributed by atoms with Crippen molar-refractivity contribution in [3.8, 4) is 22.8 Å². The van der Waals surface area contributed by atoms with Crippen molar-refractivity contribution in [2.24, 2.45) is 0 Å². The molecule has 0 saturated heterocycles. The molecule has 2 aromatic heterocycles. The molecule has 2 aromatic carbocycles. The number of methoxy groups -OCH3 is 1. The van der Waals surface area contributed by atoms with E-state index < -0.39 is 6.36 Å². The summed E-state index contributed by atoms with van der Waals surface area (Å²) in [5.41, 5.74) is 0.955. The monoisotopic (exact) mass is 428 g/mol. The number of fused-ring (bicyclic) bond motifs is 1. The van der Waals surface area contributed by atoms with Gasteiger partial charge < -0.3 is 9.47 Å². The molecule has 0 unspecified atom stereocenters. The maximum Gasteiger partial charge on any atom is 0.573 e. The molecular weight excluding hydrogens is 413 g/mol. The van der Waals surface area contributed by atoms with Gasteiger partial charge in [0.15, 0.2) is 5.82 Å². The molecule has 158 valence electrons. The van der Waals surface area contributed by atoms with Crippen molar-refractivity contribution in [3.05, 3.63) is 77.1 Å². The van der Waals surface area contributed by atoms with Gasteiger partial charge in [0, 0.05) is 17.6 Å². The largest absolute Gasteiger partial charge is 0.573 e. The standard InChI is InChI=1S/C21H15F3N4O3/c1-30-19-8-9-25-18(27-19)12-28-20(29)17-10-14(2-3-15(17)11-26-28)13-4-6-16(7-5-13)31-21(22,23)24/h2-11H,12H2,1H3. The molecule has 0 aliphatic rings. The van der Waals surface area contributed by atoms with Crippen LogP contribution in [0.1, 0.15) is 5.82 Å². The van der Waals surface area contributed by atoms with E-state index in [1.54, 1.807) is 30.5 Å². The minimum atomic E-state index is -4.75. The minimum Gasteiger partial charge on any atom is -0.481 e. The molecule has 0 fully saturated rings. The van der Waals surface area contributed by atoms with Gasteiger partial charge in [-0.15, -0.1) is 13.2 Å². The van der Waals surface area contributed by atoms with Crippen LogP contribution >= 0.6 is 0 Å². The maximum absolute atomic E-state index is 13.0. The average molecular weight is 428 g/mol. The van der Waals surface area contributed by atoms with Gasteiger partial charge >= 0.3 is 6.36 Å². The lowest BCUT2D eigenvalue weighted by Gasteiger charge is -2.10. The summed E-state index contributed by atoms with van der Waals surface area (Å²) >= 11 is 0. The quantitative estimate of drug-likeness (QED) is 0.481. The van der Waals surface area contributed by atoms with Crippen molar-refractivity contribution in [3.63, 3.8) is 0 Å². The van der Waals surface area contributed by atoms with Gasteiger partial charge in [-0.25, -0.2) is 9.67 Å². The van der Waals surface area contributed by atoms with Crippen LogP contribution in [0.4, 0.5) is 13.2 Å². The predicted octanol–water partition coefficient (Wildman–Crippen LogP) is 3.81. The second-order valence-electron chi connectivity index (χ2n) is 6.50. The predicted molar refractivity (Wildman–Crippen MR) is 106 cm³/mol. The third-order valence-electron chi connectivity index (χ3n) is 4.46. The number of hydrogen-bond acceptors (Lipinski definition) is 6. The lowest BCUT2D eigenvalue weighted by Crippen LogP contribution is -2.24. The molecule has 2 heterocycles. The first-order valence-electron chi connectivity index (χ1n) is 9.04. The van der Waals surface area contributed by atoms with E-state index in [4.69, 9.17) is 4.74 Å². The van der Waals surface area contributed by atoms with Crippen molar-refractivity contribution in [2.45, 2.75) is 12.9 Å². The lowest BCUT2D eigenvalue weighted by molar-refractivity contribution is -0.274. The van der Waals surface area contributed by atoms with Crippen LogP contribution in [0.2, 0.25) is 0 Å². The average Bonchev–Trinajstić information content (AvgIpc) is 2.75. The normalized spacial score (nSPS) is 11.5. The third kappa shape index (κ3) is 4.63. The van der Waals surface area contributed by atoms with Crippen molar-refractivity contribution in [1.82, 2.24) is 19.7 Å². The SMILES string of the molecule is COc1ccnc(Cn2ncc3ccc(-c4ccc(OC(F)(F)F)cc4)cc3c2=O)n1. The summed E-state index contributed by atoms with van der Waals surface area (Å²) in [6.07, 6.45) is -1.67. The summed E-state index contributed by atoms with van der Waals surface area (Å²) in [6, 6.07) is 12.2. The topological polar surface area (TPSA) is 79.1 Å². The fraction of sp³-hybridized carbons (Fsp3) is 0.143. The Morgan fingerprint density at radius 1 is 1.03 bits per heavy atom. The van der Waals surface area contributed by atoms with Crippen LogP contribution in [0.5, 0.6) is 11.6 Å². The number of aromatic nitrogens is 4. The molecule has 0 bridgehead atoms. The highest BCUT2D eigenvalue weighted by atomic mass is 19.4. The zero-order chi connectivity index (χ0) is 22.0. The van der Waals surface area contributed by atoms with Gasteiger partial charge in [0.1, 0.15) is 12.3 Å². The molecule has 0 aliphatic heterocycles. The molecule has 10 heteroatoms. The van der Waals surface area contributed by atoms with E-state index in [2.05, 4.69) is 19.8 Å². The Hall–Kier alpha value is -3.95.